The van der Waals surface area contributed by atoms with Gasteiger partial charge in [-0.1, -0.05) is 50.6 Å². The van der Waals surface area contributed by atoms with Gasteiger partial charge in [0.2, 0.25) is 5.91 Å². The first kappa shape index (κ1) is 17.8. The van der Waals surface area contributed by atoms with Crippen LogP contribution in [-0.4, -0.2) is 18.4 Å². The molecule has 23 heavy (non-hydrogen) atoms. The van der Waals surface area contributed by atoms with Crippen LogP contribution < -0.4 is 10.2 Å². The van der Waals surface area contributed by atoms with Gasteiger partial charge in [0.15, 0.2) is 0 Å². The molecule has 2 amide bonds. The van der Waals surface area contributed by atoms with Crippen LogP contribution >= 0.6 is 11.6 Å². The molecule has 0 aromatic heterocycles. The van der Waals surface area contributed by atoms with Crippen LogP contribution in [0.15, 0.2) is 18.2 Å². The van der Waals surface area contributed by atoms with E-state index in [4.69, 9.17) is 11.6 Å². The van der Waals surface area contributed by atoms with Crippen molar-refractivity contribution >= 4 is 29.1 Å². The average Bonchev–Trinajstić information content (AvgIpc) is 2.75. The van der Waals surface area contributed by atoms with E-state index in [9.17, 15) is 9.59 Å². The number of hydrogen-bond donors (Lipinski definition) is 1. The fourth-order valence-electron chi connectivity index (χ4n) is 3.03. The first-order chi connectivity index (χ1) is 11.0. The third-order valence-corrected chi connectivity index (χ3v) is 4.42. The summed E-state index contributed by atoms with van der Waals surface area (Å²) in [6, 6.07) is 4.82. The van der Waals surface area contributed by atoms with Crippen molar-refractivity contribution in [3.05, 3.63) is 28.8 Å². The fraction of sp³-hybridized carbons (Fsp3) is 0.556. The van der Waals surface area contributed by atoms with E-state index < -0.39 is 6.04 Å². The number of anilines is 1. The highest BCUT2D eigenvalue weighted by Gasteiger charge is 2.37. The number of rotatable bonds is 8. The van der Waals surface area contributed by atoms with E-state index >= 15 is 0 Å². The van der Waals surface area contributed by atoms with Gasteiger partial charge in [0, 0.05) is 29.7 Å². The van der Waals surface area contributed by atoms with E-state index in [0.29, 0.717) is 11.6 Å². The quantitative estimate of drug-likeness (QED) is 0.722. The maximum atomic E-state index is 12.6. The Morgan fingerprint density at radius 2 is 1.91 bits per heavy atom. The summed E-state index contributed by atoms with van der Waals surface area (Å²) in [5.41, 5.74) is 1.66. The number of benzene rings is 1. The zero-order chi connectivity index (χ0) is 16.8. The number of carbonyl (C=O) groups excluding carboxylic acids is 2. The molecule has 1 atom stereocenters. The van der Waals surface area contributed by atoms with Gasteiger partial charge in [-0.15, -0.1) is 0 Å². The van der Waals surface area contributed by atoms with E-state index in [-0.39, 0.29) is 11.8 Å². The van der Waals surface area contributed by atoms with Crippen molar-refractivity contribution in [2.45, 2.75) is 58.4 Å². The van der Waals surface area contributed by atoms with Crippen molar-refractivity contribution in [3.8, 4) is 0 Å². The second-order valence-corrected chi connectivity index (χ2v) is 6.53. The van der Waals surface area contributed by atoms with Crippen LogP contribution in [0.3, 0.4) is 0 Å². The van der Waals surface area contributed by atoms with Crippen molar-refractivity contribution in [1.29, 1.82) is 0 Å². The molecule has 0 radical (unpaired) electrons. The Hall–Kier alpha value is -1.55. The molecule has 1 unspecified atom stereocenters. The second-order valence-electron chi connectivity index (χ2n) is 6.09. The first-order valence-corrected chi connectivity index (χ1v) is 8.80. The average molecular weight is 337 g/mol. The zero-order valence-corrected chi connectivity index (χ0v) is 14.7. The SMILES string of the molecule is CCCCCCCCN1C(=O)C(NC(C)=O)c2cc(Cl)ccc21. The Morgan fingerprint density at radius 3 is 2.61 bits per heavy atom. The highest BCUT2D eigenvalue weighted by atomic mass is 35.5. The highest BCUT2D eigenvalue weighted by molar-refractivity contribution is 6.31. The Morgan fingerprint density at radius 1 is 1.22 bits per heavy atom. The molecule has 5 heteroatoms. The van der Waals surface area contributed by atoms with Gasteiger partial charge >= 0.3 is 0 Å². The van der Waals surface area contributed by atoms with E-state index in [1.165, 1.54) is 32.6 Å². The largest absolute Gasteiger partial charge is 0.341 e. The zero-order valence-electron chi connectivity index (χ0n) is 13.9. The van der Waals surface area contributed by atoms with Gasteiger partial charge in [0.25, 0.3) is 5.91 Å². The summed E-state index contributed by atoms with van der Waals surface area (Å²) >= 11 is 6.05. The fourth-order valence-corrected chi connectivity index (χ4v) is 3.21. The number of nitrogens with one attached hydrogen (secondary N) is 1. The summed E-state index contributed by atoms with van der Waals surface area (Å²) in [6.45, 7) is 4.32. The van der Waals surface area contributed by atoms with Crippen LogP contribution in [-0.2, 0) is 9.59 Å². The minimum atomic E-state index is -0.610. The van der Waals surface area contributed by atoms with Crippen molar-refractivity contribution in [1.82, 2.24) is 5.32 Å². The summed E-state index contributed by atoms with van der Waals surface area (Å²) in [7, 11) is 0. The van der Waals surface area contributed by atoms with Gasteiger partial charge in [-0.25, -0.2) is 0 Å². The van der Waals surface area contributed by atoms with Gasteiger partial charge in [0.1, 0.15) is 6.04 Å². The summed E-state index contributed by atoms with van der Waals surface area (Å²) in [5, 5.41) is 3.31. The van der Waals surface area contributed by atoms with Gasteiger partial charge < -0.3 is 10.2 Å². The molecular weight excluding hydrogens is 312 g/mol. The van der Waals surface area contributed by atoms with Crippen molar-refractivity contribution in [2.75, 3.05) is 11.4 Å². The molecule has 0 fully saturated rings. The molecule has 126 valence electrons. The number of unbranched alkanes of at least 4 members (excludes halogenated alkanes) is 5. The summed E-state index contributed by atoms with van der Waals surface area (Å²) in [6.07, 6.45) is 7.07. The summed E-state index contributed by atoms with van der Waals surface area (Å²) in [4.78, 5) is 25.8. The third kappa shape index (κ3) is 4.47. The number of carbonyl (C=O) groups is 2. The maximum Gasteiger partial charge on any atom is 0.254 e. The van der Waals surface area contributed by atoms with E-state index in [1.807, 2.05) is 6.07 Å². The predicted molar refractivity (Wildman–Crippen MR) is 93.7 cm³/mol. The van der Waals surface area contributed by atoms with Gasteiger partial charge in [-0.3, -0.25) is 9.59 Å². The van der Waals surface area contributed by atoms with Crippen molar-refractivity contribution < 1.29 is 9.59 Å². The Balaban J connectivity index is 2.03. The molecule has 1 aliphatic rings. The number of halogens is 1. The predicted octanol–water partition coefficient (Wildman–Crippen LogP) is 4.22. The number of fused-ring (bicyclic) bond motifs is 1. The van der Waals surface area contributed by atoms with Crippen LogP contribution in [0, 0.1) is 0 Å². The smallest absolute Gasteiger partial charge is 0.254 e. The highest BCUT2D eigenvalue weighted by Crippen LogP contribution is 2.37. The minimum Gasteiger partial charge on any atom is -0.341 e. The topological polar surface area (TPSA) is 49.4 Å². The van der Waals surface area contributed by atoms with Crippen molar-refractivity contribution in [2.24, 2.45) is 0 Å². The summed E-state index contributed by atoms with van der Waals surface area (Å²) in [5.74, 6) is -0.276. The van der Waals surface area contributed by atoms with E-state index in [2.05, 4.69) is 12.2 Å². The Labute approximate surface area is 143 Å². The van der Waals surface area contributed by atoms with Gasteiger partial charge in [0.05, 0.1) is 0 Å². The normalized spacial score (nSPS) is 16.6. The lowest BCUT2D eigenvalue weighted by molar-refractivity contribution is -0.126. The van der Waals surface area contributed by atoms with Crippen molar-refractivity contribution in [3.63, 3.8) is 0 Å². The van der Waals surface area contributed by atoms with Crippen LogP contribution in [0.4, 0.5) is 5.69 Å². The first-order valence-electron chi connectivity index (χ1n) is 8.42. The lowest BCUT2D eigenvalue weighted by Gasteiger charge is -2.18. The van der Waals surface area contributed by atoms with Crippen LogP contribution in [0.25, 0.3) is 0 Å². The second kappa shape index (κ2) is 8.34. The molecule has 2 rings (SSSR count). The van der Waals surface area contributed by atoms with Crippen LogP contribution in [0.2, 0.25) is 5.02 Å². The molecule has 1 N–H and O–H groups in total. The number of hydrogen-bond acceptors (Lipinski definition) is 2. The lowest BCUT2D eigenvalue weighted by Crippen LogP contribution is -2.37. The Kier molecular flexibility index (Phi) is 6.46. The standard InChI is InChI=1S/C18H25ClN2O2/c1-3-4-5-6-7-8-11-21-16-10-9-14(19)12-15(16)17(18(21)23)20-13(2)22/h9-10,12,17H,3-8,11H2,1-2H3,(H,20,22). The third-order valence-electron chi connectivity index (χ3n) is 4.19. The minimum absolute atomic E-state index is 0.0639. The molecule has 0 aliphatic carbocycles. The lowest BCUT2D eigenvalue weighted by atomic mass is 10.1. The molecule has 1 heterocycles. The van der Waals surface area contributed by atoms with Gasteiger partial charge in [-0.05, 0) is 24.6 Å². The molecule has 0 bridgehead atoms. The molecule has 0 saturated carbocycles. The molecule has 0 saturated heterocycles. The molecule has 0 spiro atoms. The molecular formula is C18H25ClN2O2. The molecule has 1 aromatic rings. The van der Waals surface area contributed by atoms with E-state index in [1.54, 1.807) is 17.0 Å². The maximum absolute atomic E-state index is 12.6. The number of nitrogens with zero attached hydrogens (tertiary/aromatic N) is 1. The van der Waals surface area contributed by atoms with Crippen LogP contribution in [0.5, 0.6) is 0 Å². The monoisotopic (exact) mass is 336 g/mol. The Bertz CT molecular complexity index is 574. The van der Waals surface area contributed by atoms with Gasteiger partial charge in [-0.2, -0.15) is 0 Å². The number of amides is 2. The van der Waals surface area contributed by atoms with E-state index in [0.717, 1.165) is 24.1 Å². The molecule has 1 aromatic carbocycles. The molecule has 1 aliphatic heterocycles. The molecule has 4 nitrogen and oxygen atoms in total. The van der Waals surface area contributed by atoms with Crippen LogP contribution in [0.1, 0.15) is 64.0 Å². The summed E-state index contributed by atoms with van der Waals surface area (Å²) < 4.78 is 0.